The van der Waals surface area contributed by atoms with Crippen LogP contribution >= 0.6 is 0 Å². The van der Waals surface area contributed by atoms with Crippen LogP contribution in [0.5, 0.6) is 0 Å². The number of unbranched alkanes of at least 4 members (excludes halogenated alkanes) is 6. The largest absolute Gasteiger partial charge is 0.298 e. The molecule has 4 nitrogen and oxygen atoms in total. The second-order valence-electron chi connectivity index (χ2n) is 13.0. The molecule has 0 aliphatic rings. The standard InChI is InChI=1S/C14H18F2O.C12H14F2O.C10H10F2O.C9H8F2O/c1-2-3-4-5-6-7-11-8-9-12(10-17)14(16)13(11)15;1-2-3-4-5-9-6-7-10(8-15)12(14)11(9)13;1-2-3-7-4-5-8(6-13)10(12)9(7)11;1-2-6-3-4-7(5-12)9(11)8(6)10/h8-10H,2-7H2,1H3;6-8H,2-5H2,1H3;4-6H,2-3H2,1H3;3-5H,2H2,1H3. The highest BCUT2D eigenvalue weighted by Crippen LogP contribution is 2.20. The summed E-state index contributed by atoms with van der Waals surface area (Å²) in [7, 11) is 0. The van der Waals surface area contributed by atoms with Gasteiger partial charge in [-0.3, -0.25) is 19.2 Å². The molecule has 0 N–H and O–H groups in total. The molecule has 57 heavy (non-hydrogen) atoms. The minimum atomic E-state index is -1.05. The van der Waals surface area contributed by atoms with Gasteiger partial charge >= 0.3 is 0 Å². The van der Waals surface area contributed by atoms with Crippen LogP contribution in [0.1, 0.15) is 149 Å². The van der Waals surface area contributed by atoms with Crippen LogP contribution in [-0.2, 0) is 25.7 Å². The highest BCUT2D eigenvalue weighted by molar-refractivity contribution is 5.76. The number of carbonyl (C=O) groups is 4. The Bertz CT molecular complexity index is 1890. The molecule has 0 amide bonds. The van der Waals surface area contributed by atoms with Gasteiger partial charge in [0.25, 0.3) is 0 Å². The first-order chi connectivity index (χ1) is 27.3. The Morgan fingerprint density at radius 3 is 0.930 bits per heavy atom. The molecule has 12 heteroatoms. The van der Waals surface area contributed by atoms with Gasteiger partial charge in [0, 0.05) is 0 Å². The van der Waals surface area contributed by atoms with Crippen molar-refractivity contribution < 1.29 is 54.3 Å². The molecule has 0 unspecified atom stereocenters. The molecule has 0 saturated carbocycles. The van der Waals surface area contributed by atoms with Crippen molar-refractivity contribution in [3.05, 3.63) is 140 Å². The fourth-order valence-electron chi connectivity index (χ4n) is 5.39. The van der Waals surface area contributed by atoms with Crippen LogP contribution in [0, 0.1) is 46.5 Å². The molecule has 0 fully saturated rings. The first-order valence-electron chi connectivity index (χ1n) is 19.0. The Kier molecular flexibility index (Phi) is 24.2. The summed E-state index contributed by atoms with van der Waals surface area (Å²) in [6, 6.07) is 11.1. The van der Waals surface area contributed by atoms with Crippen molar-refractivity contribution in [2.24, 2.45) is 0 Å². The lowest BCUT2D eigenvalue weighted by Gasteiger charge is -2.05. The fraction of sp³-hybridized carbons (Fsp3) is 0.378. The summed E-state index contributed by atoms with van der Waals surface area (Å²) >= 11 is 0. The van der Waals surface area contributed by atoms with Crippen LogP contribution < -0.4 is 0 Å². The third-order valence-corrected chi connectivity index (χ3v) is 8.78. The zero-order valence-electron chi connectivity index (χ0n) is 32.8. The fourth-order valence-corrected chi connectivity index (χ4v) is 5.39. The van der Waals surface area contributed by atoms with E-state index < -0.39 is 46.5 Å². The number of carbonyl (C=O) groups excluding carboxylic acids is 4. The molecular weight excluding hydrogens is 756 g/mol. The number of hydrogen-bond donors (Lipinski definition) is 0. The zero-order chi connectivity index (χ0) is 42.9. The number of rotatable bonds is 17. The van der Waals surface area contributed by atoms with Gasteiger partial charge in [0.15, 0.2) is 71.7 Å². The van der Waals surface area contributed by atoms with Crippen LogP contribution in [0.3, 0.4) is 0 Å². The maximum atomic E-state index is 13.5. The lowest BCUT2D eigenvalue weighted by atomic mass is 10.0. The number of aldehydes is 4. The van der Waals surface area contributed by atoms with E-state index in [1.165, 1.54) is 55.0 Å². The normalized spacial score (nSPS) is 10.2. The third-order valence-electron chi connectivity index (χ3n) is 8.78. The van der Waals surface area contributed by atoms with Crippen LogP contribution in [0.2, 0.25) is 0 Å². The van der Waals surface area contributed by atoms with Crippen molar-refractivity contribution in [1.29, 1.82) is 0 Å². The molecule has 0 heterocycles. The summed E-state index contributed by atoms with van der Waals surface area (Å²) < 4.78 is 105. The minimum Gasteiger partial charge on any atom is -0.298 e. The Balaban J connectivity index is 0.000000383. The molecule has 4 rings (SSSR count). The van der Waals surface area contributed by atoms with E-state index >= 15 is 0 Å². The van der Waals surface area contributed by atoms with Crippen molar-refractivity contribution in [3.8, 4) is 0 Å². The molecule has 310 valence electrons. The predicted molar refractivity (Wildman–Crippen MR) is 206 cm³/mol. The van der Waals surface area contributed by atoms with E-state index in [2.05, 4.69) is 6.92 Å². The number of aryl methyl sites for hydroxylation is 4. The second kappa shape index (κ2) is 27.6. The van der Waals surface area contributed by atoms with Gasteiger partial charge in [-0.05, 0) is 85.0 Å². The molecule has 0 aromatic heterocycles. The van der Waals surface area contributed by atoms with Gasteiger partial charge in [0.1, 0.15) is 0 Å². The van der Waals surface area contributed by atoms with E-state index in [-0.39, 0.29) is 27.8 Å². The van der Waals surface area contributed by atoms with E-state index in [4.69, 9.17) is 0 Å². The monoisotopic (exact) mass is 806 g/mol. The van der Waals surface area contributed by atoms with Gasteiger partial charge in [-0.1, -0.05) is 96.9 Å². The van der Waals surface area contributed by atoms with Crippen molar-refractivity contribution in [1.82, 2.24) is 0 Å². The molecule has 0 saturated heterocycles. The minimum absolute atomic E-state index is 0.211. The van der Waals surface area contributed by atoms with E-state index in [0.29, 0.717) is 67.5 Å². The van der Waals surface area contributed by atoms with Crippen LogP contribution in [0.4, 0.5) is 35.1 Å². The molecule has 0 radical (unpaired) electrons. The van der Waals surface area contributed by atoms with E-state index in [1.54, 1.807) is 6.92 Å². The maximum absolute atomic E-state index is 13.5. The first-order valence-corrected chi connectivity index (χ1v) is 19.0. The van der Waals surface area contributed by atoms with Crippen molar-refractivity contribution in [2.75, 3.05) is 0 Å². The first kappa shape index (κ1) is 50.0. The Morgan fingerprint density at radius 2 is 0.614 bits per heavy atom. The smallest absolute Gasteiger partial charge is 0.169 e. The number of hydrogen-bond acceptors (Lipinski definition) is 4. The van der Waals surface area contributed by atoms with Crippen molar-refractivity contribution in [3.63, 3.8) is 0 Å². The average Bonchev–Trinajstić information content (AvgIpc) is 3.22. The zero-order valence-corrected chi connectivity index (χ0v) is 32.8. The van der Waals surface area contributed by atoms with Gasteiger partial charge in [-0.2, -0.15) is 0 Å². The summed E-state index contributed by atoms with van der Waals surface area (Å²) in [4.78, 5) is 41.2. The lowest BCUT2D eigenvalue weighted by molar-refractivity contribution is 0.111. The summed E-state index contributed by atoms with van der Waals surface area (Å²) in [5.41, 5.74) is 0.450. The van der Waals surface area contributed by atoms with E-state index in [1.807, 2.05) is 13.8 Å². The molecular formula is C45H50F8O4. The van der Waals surface area contributed by atoms with E-state index in [9.17, 15) is 54.3 Å². The van der Waals surface area contributed by atoms with Gasteiger partial charge < -0.3 is 0 Å². The summed E-state index contributed by atoms with van der Waals surface area (Å²) in [5, 5.41) is 0. The van der Waals surface area contributed by atoms with Gasteiger partial charge in [-0.15, -0.1) is 0 Å². The van der Waals surface area contributed by atoms with Crippen LogP contribution in [0.25, 0.3) is 0 Å². The lowest BCUT2D eigenvalue weighted by Crippen LogP contribution is -1.99. The molecule has 0 spiro atoms. The van der Waals surface area contributed by atoms with Gasteiger partial charge in [-0.25, -0.2) is 35.1 Å². The average molecular weight is 807 g/mol. The second-order valence-corrected chi connectivity index (χ2v) is 13.0. The number of benzene rings is 4. The molecule has 0 bridgehead atoms. The number of halogens is 8. The topological polar surface area (TPSA) is 68.3 Å². The Morgan fingerprint density at radius 1 is 0.333 bits per heavy atom. The highest BCUT2D eigenvalue weighted by atomic mass is 19.2. The molecule has 4 aromatic rings. The molecule has 0 aliphatic heterocycles. The Hall–Kier alpha value is -5.00. The highest BCUT2D eigenvalue weighted by Gasteiger charge is 2.15. The summed E-state index contributed by atoms with van der Waals surface area (Å²) in [5.74, 6) is -7.70. The predicted octanol–water partition coefficient (Wildman–Crippen LogP) is 12.9. The van der Waals surface area contributed by atoms with Crippen molar-refractivity contribution in [2.45, 2.75) is 111 Å². The van der Waals surface area contributed by atoms with E-state index in [0.717, 1.165) is 51.4 Å². The third kappa shape index (κ3) is 15.8. The van der Waals surface area contributed by atoms with Crippen molar-refractivity contribution >= 4 is 25.1 Å². The summed E-state index contributed by atoms with van der Waals surface area (Å²) in [6.45, 7) is 7.78. The Labute approximate surface area is 329 Å². The SMILES string of the molecule is CCCCCCCc1ccc(C=O)c(F)c1F.CCCCCc1ccc(C=O)c(F)c1F.CCCc1ccc(C=O)c(F)c1F.CCc1ccc(C=O)c(F)c1F. The van der Waals surface area contributed by atoms with Gasteiger partial charge in [0.05, 0.1) is 22.3 Å². The maximum Gasteiger partial charge on any atom is 0.169 e. The molecule has 0 aliphatic carbocycles. The molecule has 0 atom stereocenters. The van der Waals surface area contributed by atoms with Crippen LogP contribution in [0.15, 0.2) is 48.5 Å². The van der Waals surface area contributed by atoms with Gasteiger partial charge in [0.2, 0.25) is 0 Å². The summed E-state index contributed by atoms with van der Waals surface area (Å²) in [6.07, 6.45) is 12.2. The molecule has 4 aromatic carbocycles. The quantitative estimate of drug-likeness (QED) is 0.0605. The van der Waals surface area contributed by atoms with Crippen LogP contribution in [-0.4, -0.2) is 25.1 Å².